The Balaban J connectivity index is 1.57. The van der Waals surface area contributed by atoms with Crippen molar-refractivity contribution >= 4 is 5.91 Å². The van der Waals surface area contributed by atoms with E-state index in [0.717, 1.165) is 18.0 Å². The first-order valence-corrected chi connectivity index (χ1v) is 9.09. The molecule has 1 unspecified atom stereocenters. The standard InChI is InChI=1S/C21H25N3O3/c1-5-24-11-10-19(23-24)16(4)22-21(25)20-9-8-18(27-20)13-26-17-7-6-14(2)15(3)12-17/h6-12,16H,5,13H2,1-4H3,(H,22,25). The van der Waals surface area contributed by atoms with Crippen LogP contribution in [-0.2, 0) is 13.2 Å². The molecule has 0 saturated carbocycles. The van der Waals surface area contributed by atoms with Gasteiger partial charge in [-0.1, -0.05) is 6.07 Å². The number of benzene rings is 1. The molecule has 0 aliphatic carbocycles. The van der Waals surface area contributed by atoms with E-state index in [9.17, 15) is 4.79 Å². The van der Waals surface area contributed by atoms with Crippen LogP contribution in [0.25, 0.3) is 0 Å². The molecule has 0 aliphatic rings. The van der Waals surface area contributed by atoms with E-state index in [1.165, 1.54) is 11.1 Å². The topological polar surface area (TPSA) is 69.3 Å². The maximum Gasteiger partial charge on any atom is 0.287 e. The van der Waals surface area contributed by atoms with Crippen molar-refractivity contribution in [3.8, 4) is 5.75 Å². The number of amides is 1. The molecule has 2 aromatic heterocycles. The molecule has 3 rings (SSSR count). The molecule has 142 valence electrons. The van der Waals surface area contributed by atoms with Crippen LogP contribution in [0.2, 0.25) is 0 Å². The molecule has 1 N–H and O–H groups in total. The van der Waals surface area contributed by atoms with Gasteiger partial charge < -0.3 is 14.5 Å². The summed E-state index contributed by atoms with van der Waals surface area (Å²) in [7, 11) is 0. The van der Waals surface area contributed by atoms with Gasteiger partial charge in [0.15, 0.2) is 5.76 Å². The van der Waals surface area contributed by atoms with Crippen LogP contribution < -0.4 is 10.1 Å². The predicted molar refractivity (Wildman–Crippen MR) is 103 cm³/mol. The monoisotopic (exact) mass is 367 g/mol. The van der Waals surface area contributed by atoms with Crippen molar-refractivity contribution in [2.45, 2.75) is 46.9 Å². The number of rotatable bonds is 7. The summed E-state index contributed by atoms with van der Waals surface area (Å²) in [6.45, 7) is 9.08. The molecule has 0 radical (unpaired) electrons. The summed E-state index contributed by atoms with van der Waals surface area (Å²) in [5.41, 5.74) is 3.21. The van der Waals surface area contributed by atoms with E-state index in [2.05, 4.69) is 17.3 Å². The molecule has 0 fully saturated rings. The fourth-order valence-electron chi connectivity index (χ4n) is 2.66. The molecule has 0 spiro atoms. The van der Waals surface area contributed by atoms with Crippen molar-refractivity contribution < 1.29 is 13.9 Å². The van der Waals surface area contributed by atoms with Crippen LogP contribution >= 0.6 is 0 Å². The Labute approximate surface area is 159 Å². The number of aryl methyl sites for hydroxylation is 3. The molecular formula is C21H25N3O3. The molecule has 1 atom stereocenters. The van der Waals surface area contributed by atoms with Gasteiger partial charge in [0.2, 0.25) is 0 Å². The van der Waals surface area contributed by atoms with Gasteiger partial charge in [0, 0.05) is 12.7 Å². The van der Waals surface area contributed by atoms with E-state index in [-0.39, 0.29) is 24.3 Å². The third-order valence-corrected chi connectivity index (χ3v) is 4.52. The van der Waals surface area contributed by atoms with Crippen LogP contribution in [0, 0.1) is 13.8 Å². The minimum atomic E-state index is -0.272. The largest absolute Gasteiger partial charge is 0.486 e. The molecule has 1 aromatic carbocycles. The second-order valence-corrected chi connectivity index (χ2v) is 6.59. The second kappa shape index (κ2) is 8.12. The Bertz CT molecular complexity index is 926. The number of nitrogens with zero attached hydrogens (tertiary/aromatic N) is 2. The van der Waals surface area contributed by atoms with E-state index in [4.69, 9.17) is 9.15 Å². The maximum atomic E-state index is 12.4. The number of hydrogen-bond donors (Lipinski definition) is 1. The number of hydrogen-bond acceptors (Lipinski definition) is 4. The second-order valence-electron chi connectivity index (χ2n) is 6.59. The lowest BCUT2D eigenvalue weighted by atomic mass is 10.1. The number of carbonyl (C=O) groups is 1. The number of ether oxygens (including phenoxy) is 1. The van der Waals surface area contributed by atoms with Crippen LogP contribution in [0.15, 0.2) is 47.0 Å². The van der Waals surface area contributed by atoms with Gasteiger partial charge >= 0.3 is 0 Å². The summed E-state index contributed by atoms with van der Waals surface area (Å²) in [4.78, 5) is 12.4. The third kappa shape index (κ3) is 4.58. The smallest absolute Gasteiger partial charge is 0.287 e. The number of nitrogens with one attached hydrogen (secondary N) is 1. The number of furan rings is 1. The van der Waals surface area contributed by atoms with Crippen molar-refractivity contribution in [1.29, 1.82) is 0 Å². The summed E-state index contributed by atoms with van der Waals surface area (Å²) in [6, 6.07) is 11.1. The minimum Gasteiger partial charge on any atom is -0.486 e. The third-order valence-electron chi connectivity index (χ3n) is 4.52. The Hall–Kier alpha value is -3.02. The van der Waals surface area contributed by atoms with Crippen molar-refractivity contribution in [3.05, 3.63) is 70.9 Å². The quantitative estimate of drug-likeness (QED) is 0.680. The maximum absolute atomic E-state index is 12.4. The van der Waals surface area contributed by atoms with Gasteiger partial charge in [-0.2, -0.15) is 5.10 Å². The Morgan fingerprint density at radius 1 is 1.22 bits per heavy atom. The zero-order valence-corrected chi connectivity index (χ0v) is 16.2. The zero-order chi connectivity index (χ0) is 19.4. The normalized spacial score (nSPS) is 12.0. The molecule has 3 aromatic rings. The van der Waals surface area contributed by atoms with Gasteiger partial charge in [-0.05, 0) is 69.2 Å². The fraction of sp³-hybridized carbons (Fsp3) is 0.333. The molecule has 0 bridgehead atoms. The fourth-order valence-corrected chi connectivity index (χ4v) is 2.66. The van der Waals surface area contributed by atoms with Crippen LogP contribution in [0.5, 0.6) is 5.75 Å². The Morgan fingerprint density at radius 3 is 2.74 bits per heavy atom. The lowest BCUT2D eigenvalue weighted by molar-refractivity contribution is 0.0907. The predicted octanol–water partition coefficient (Wildman–Crippen LogP) is 4.18. The van der Waals surface area contributed by atoms with E-state index in [1.54, 1.807) is 12.1 Å². The van der Waals surface area contributed by atoms with E-state index in [1.807, 2.05) is 55.9 Å². The number of carbonyl (C=O) groups excluding carboxylic acids is 1. The van der Waals surface area contributed by atoms with Crippen molar-refractivity contribution in [1.82, 2.24) is 15.1 Å². The summed E-state index contributed by atoms with van der Waals surface area (Å²) < 4.78 is 13.2. The summed E-state index contributed by atoms with van der Waals surface area (Å²) in [5, 5.41) is 7.31. The zero-order valence-electron chi connectivity index (χ0n) is 16.2. The highest BCUT2D eigenvalue weighted by Gasteiger charge is 2.16. The Kier molecular flexibility index (Phi) is 5.64. The highest BCUT2D eigenvalue weighted by Crippen LogP contribution is 2.19. The number of aromatic nitrogens is 2. The first-order chi connectivity index (χ1) is 13.0. The van der Waals surface area contributed by atoms with Gasteiger partial charge in [-0.15, -0.1) is 0 Å². The summed E-state index contributed by atoms with van der Waals surface area (Å²) in [6.07, 6.45) is 1.90. The van der Waals surface area contributed by atoms with Gasteiger partial charge in [-0.25, -0.2) is 0 Å². The summed E-state index contributed by atoms with van der Waals surface area (Å²) in [5.74, 6) is 1.36. The van der Waals surface area contributed by atoms with Crippen LogP contribution in [0.3, 0.4) is 0 Å². The lowest BCUT2D eigenvalue weighted by Gasteiger charge is -2.10. The van der Waals surface area contributed by atoms with Gasteiger partial charge in [0.1, 0.15) is 18.1 Å². The molecule has 27 heavy (non-hydrogen) atoms. The van der Waals surface area contributed by atoms with E-state index in [0.29, 0.717) is 5.76 Å². The van der Waals surface area contributed by atoms with Crippen LogP contribution in [0.4, 0.5) is 0 Å². The van der Waals surface area contributed by atoms with Crippen molar-refractivity contribution in [2.24, 2.45) is 0 Å². The van der Waals surface area contributed by atoms with E-state index >= 15 is 0 Å². The minimum absolute atomic E-state index is 0.203. The average Bonchev–Trinajstić information content (AvgIpc) is 3.32. The van der Waals surface area contributed by atoms with Gasteiger partial charge in [-0.3, -0.25) is 9.48 Å². The molecule has 6 heteroatoms. The SMILES string of the molecule is CCn1ccc(C(C)NC(=O)c2ccc(COc3ccc(C)c(C)c3)o2)n1. The van der Waals surface area contributed by atoms with E-state index < -0.39 is 0 Å². The highest BCUT2D eigenvalue weighted by molar-refractivity contribution is 5.91. The average molecular weight is 367 g/mol. The molecular weight excluding hydrogens is 342 g/mol. The molecule has 2 heterocycles. The van der Waals surface area contributed by atoms with Gasteiger partial charge in [0.25, 0.3) is 5.91 Å². The van der Waals surface area contributed by atoms with Gasteiger partial charge in [0.05, 0.1) is 11.7 Å². The van der Waals surface area contributed by atoms with Crippen molar-refractivity contribution in [3.63, 3.8) is 0 Å². The highest BCUT2D eigenvalue weighted by atomic mass is 16.5. The lowest BCUT2D eigenvalue weighted by Crippen LogP contribution is -2.26. The van der Waals surface area contributed by atoms with Crippen LogP contribution in [-0.4, -0.2) is 15.7 Å². The first-order valence-electron chi connectivity index (χ1n) is 9.09. The molecule has 0 aliphatic heterocycles. The molecule has 1 amide bonds. The van der Waals surface area contributed by atoms with Crippen molar-refractivity contribution in [2.75, 3.05) is 0 Å². The van der Waals surface area contributed by atoms with Crippen LogP contribution in [0.1, 0.15) is 53.0 Å². The first kappa shape index (κ1) is 18.8. The summed E-state index contributed by atoms with van der Waals surface area (Å²) >= 11 is 0. The molecule has 0 saturated heterocycles. The Morgan fingerprint density at radius 2 is 2.04 bits per heavy atom. The molecule has 6 nitrogen and oxygen atoms in total.